The molecule has 0 bridgehead atoms. The molecule has 26 heavy (non-hydrogen) atoms. The largest absolute Gasteiger partial charge is 0.417 e. The van der Waals surface area contributed by atoms with Gasteiger partial charge in [-0.1, -0.05) is 38.1 Å². The van der Waals surface area contributed by atoms with Gasteiger partial charge < -0.3 is 4.42 Å². The Bertz CT molecular complexity index is 844. The standard InChI is InChI=1S/C20H23N5O/c1-14(2)16-7-5-15(6-8-16)13-25-11-3-4-18(25)20-24-23-19(26-20)17-12-21-9-10-22-17/h5-10,12,14,18H,3-4,11,13H2,1-2H3. The third-order valence-corrected chi connectivity index (χ3v) is 4.90. The molecule has 1 aliphatic rings. The summed E-state index contributed by atoms with van der Waals surface area (Å²) in [6, 6.07) is 9.07. The summed E-state index contributed by atoms with van der Waals surface area (Å²) in [5.74, 6) is 1.66. The Morgan fingerprint density at radius 3 is 2.73 bits per heavy atom. The first-order valence-electron chi connectivity index (χ1n) is 9.13. The van der Waals surface area contributed by atoms with Crippen molar-refractivity contribution >= 4 is 0 Å². The van der Waals surface area contributed by atoms with Crippen molar-refractivity contribution in [2.75, 3.05) is 6.54 Å². The fraction of sp³-hybridized carbons (Fsp3) is 0.400. The molecule has 134 valence electrons. The first-order valence-corrected chi connectivity index (χ1v) is 9.13. The van der Waals surface area contributed by atoms with E-state index in [0.29, 0.717) is 23.4 Å². The summed E-state index contributed by atoms with van der Waals surface area (Å²) >= 11 is 0. The molecule has 6 nitrogen and oxygen atoms in total. The zero-order chi connectivity index (χ0) is 17.9. The minimum atomic E-state index is 0.165. The van der Waals surface area contributed by atoms with Gasteiger partial charge in [0.05, 0.1) is 12.2 Å². The van der Waals surface area contributed by atoms with Gasteiger partial charge in [-0.15, -0.1) is 10.2 Å². The highest BCUT2D eigenvalue weighted by Crippen LogP contribution is 2.33. The monoisotopic (exact) mass is 349 g/mol. The van der Waals surface area contributed by atoms with E-state index < -0.39 is 0 Å². The first kappa shape index (κ1) is 16.8. The topological polar surface area (TPSA) is 67.9 Å². The van der Waals surface area contributed by atoms with Gasteiger partial charge in [0.2, 0.25) is 5.89 Å². The molecule has 1 aromatic carbocycles. The summed E-state index contributed by atoms with van der Waals surface area (Å²) in [5.41, 5.74) is 3.30. The molecule has 1 unspecified atom stereocenters. The second-order valence-electron chi connectivity index (χ2n) is 7.06. The zero-order valence-corrected chi connectivity index (χ0v) is 15.2. The number of benzene rings is 1. The lowest BCUT2D eigenvalue weighted by molar-refractivity contribution is 0.215. The van der Waals surface area contributed by atoms with Crippen molar-refractivity contribution in [1.82, 2.24) is 25.1 Å². The second kappa shape index (κ2) is 7.33. The van der Waals surface area contributed by atoms with E-state index in [0.717, 1.165) is 25.9 Å². The summed E-state index contributed by atoms with van der Waals surface area (Å²) < 4.78 is 5.91. The van der Waals surface area contributed by atoms with Gasteiger partial charge in [-0.2, -0.15) is 0 Å². The van der Waals surface area contributed by atoms with Gasteiger partial charge in [0.1, 0.15) is 5.69 Å². The molecule has 0 amide bonds. The lowest BCUT2D eigenvalue weighted by atomic mass is 10.0. The molecule has 0 aliphatic carbocycles. The quantitative estimate of drug-likeness (QED) is 0.694. The van der Waals surface area contributed by atoms with Crippen molar-refractivity contribution in [2.24, 2.45) is 0 Å². The van der Waals surface area contributed by atoms with Crippen LogP contribution in [0.3, 0.4) is 0 Å². The van der Waals surface area contributed by atoms with E-state index in [1.165, 1.54) is 11.1 Å². The van der Waals surface area contributed by atoms with Gasteiger partial charge in [-0.05, 0) is 36.4 Å². The van der Waals surface area contributed by atoms with Crippen LogP contribution in [0, 0.1) is 0 Å². The third kappa shape index (κ3) is 3.51. The fourth-order valence-electron chi connectivity index (χ4n) is 3.42. The van der Waals surface area contributed by atoms with E-state index in [1.54, 1.807) is 18.6 Å². The van der Waals surface area contributed by atoms with E-state index in [9.17, 15) is 0 Å². The number of nitrogens with zero attached hydrogens (tertiary/aromatic N) is 5. The van der Waals surface area contributed by atoms with Crippen LogP contribution < -0.4 is 0 Å². The molecule has 1 atom stereocenters. The Hall–Kier alpha value is -2.60. The van der Waals surface area contributed by atoms with E-state index >= 15 is 0 Å². The number of rotatable bonds is 5. The summed E-state index contributed by atoms with van der Waals surface area (Å²) in [6.45, 7) is 6.37. The molecule has 1 aliphatic heterocycles. The van der Waals surface area contributed by atoms with Gasteiger partial charge in [-0.3, -0.25) is 9.88 Å². The Labute approximate surface area is 153 Å². The summed E-state index contributed by atoms with van der Waals surface area (Å²) in [7, 11) is 0. The van der Waals surface area contributed by atoms with Crippen LogP contribution in [-0.4, -0.2) is 31.6 Å². The molecule has 1 fully saturated rings. The molecule has 3 aromatic rings. The predicted molar refractivity (Wildman–Crippen MR) is 98.2 cm³/mol. The summed E-state index contributed by atoms with van der Waals surface area (Å²) in [4.78, 5) is 10.7. The van der Waals surface area contributed by atoms with Gasteiger partial charge >= 0.3 is 0 Å². The third-order valence-electron chi connectivity index (χ3n) is 4.90. The first-order chi connectivity index (χ1) is 12.7. The molecule has 0 spiro atoms. The minimum Gasteiger partial charge on any atom is -0.417 e. The second-order valence-corrected chi connectivity index (χ2v) is 7.06. The van der Waals surface area contributed by atoms with Crippen LogP contribution in [0.1, 0.15) is 55.7 Å². The van der Waals surface area contributed by atoms with Crippen molar-refractivity contribution in [3.8, 4) is 11.6 Å². The van der Waals surface area contributed by atoms with Crippen molar-refractivity contribution in [3.05, 3.63) is 59.9 Å². The Balaban J connectivity index is 1.49. The van der Waals surface area contributed by atoms with Gasteiger partial charge in [-0.25, -0.2) is 4.98 Å². The van der Waals surface area contributed by atoms with Crippen LogP contribution in [0.4, 0.5) is 0 Å². The van der Waals surface area contributed by atoms with Gasteiger partial charge in [0, 0.05) is 18.9 Å². The highest BCUT2D eigenvalue weighted by molar-refractivity contribution is 5.43. The molecule has 0 N–H and O–H groups in total. The molecule has 6 heteroatoms. The number of likely N-dealkylation sites (tertiary alicyclic amines) is 1. The van der Waals surface area contributed by atoms with Gasteiger partial charge in [0.25, 0.3) is 5.89 Å². The highest BCUT2D eigenvalue weighted by atomic mass is 16.4. The Morgan fingerprint density at radius 2 is 2.00 bits per heavy atom. The molecule has 0 radical (unpaired) electrons. The van der Waals surface area contributed by atoms with E-state index in [1.807, 2.05) is 0 Å². The zero-order valence-electron chi connectivity index (χ0n) is 15.2. The van der Waals surface area contributed by atoms with Crippen molar-refractivity contribution < 1.29 is 4.42 Å². The predicted octanol–water partition coefficient (Wildman–Crippen LogP) is 3.99. The minimum absolute atomic E-state index is 0.165. The van der Waals surface area contributed by atoms with Crippen LogP contribution in [0.2, 0.25) is 0 Å². The number of aromatic nitrogens is 4. The normalized spacial score (nSPS) is 17.9. The maximum atomic E-state index is 5.91. The average Bonchev–Trinajstić information content (AvgIpc) is 3.32. The van der Waals surface area contributed by atoms with Crippen LogP contribution in [0.25, 0.3) is 11.6 Å². The number of hydrogen-bond donors (Lipinski definition) is 0. The average molecular weight is 349 g/mol. The maximum Gasteiger partial charge on any atom is 0.267 e. The van der Waals surface area contributed by atoms with Crippen LogP contribution in [0.15, 0.2) is 47.3 Å². The summed E-state index contributed by atoms with van der Waals surface area (Å²) in [6.07, 6.45) is 7.07. The lowest BCUT2D eigenvalue weighted by Crippen LogP contribution is -2.23. The number of hydrogen-bond acceptors (Lipinski definition) is 6. The van der Waals surface area contributed by atoms with Gasteiger partial charge in [0.15, 0.2) is 0 Å². The molecule has 1 saturated heterocycles. The Morgan fingerprint density at radius 1 is 1.15 bits per heavy atom. The van der Waals surface area contributed by atoms with Crippen LogP contribution in [0.5, 0.6) is 0 Å². The SMILES string of the molecule is CC(C)c1ccc(CN2CCCC2c2nnc(-c3cnccn3)o2)cc1. The van der Waals surface area contributed by atoms with Crippen molar-refractivity contribution in [3.63, 3.8) is 0 Å². The molecule has 2 aromatic heterocycles. The molecule has 4 rings (SSSR count). The fourth-order valence-corrected chi connectivity index (χ4v) is 3.42. The van der Waals surface area contributed by atoms with Crippen molar-refractivity contribution in [1.29, 1.82) is 0 Å². The lowest BCUT2D eigenvalue weighted by Gasteiger charge is -2.21. The van der Waals surface area contributed by atoms with E-state index in [2.05, 4.69) is 63.2 Å². The van der Waals surface area contributed by atoms with Crippen molar-refractivity contribution in [2.45, 2.75) is 45.2 Å². The Kier molecular flexibility index (Phi) is 4.75. The highest BCUT2D eigenvalue weighted by Gasteiger charge is 2.30. The molecular formula is C20H23N5O. The molecule has 3 heterocycles. The van der Waals surface area contributed by atoms with Crippen LogP contribution >= 0.6 is 0 Å². The summed E-state index contributed by atoms with van der Waals surface area (Å²) in [5, 5.41) is 8.44. The molecular weight excluding hydrogens is 326 g/mol. The smallest absolute Gasteiger partial charge is 0.267 e. The molecule has 0 saturated carbocycles. The maximum absolute atomic E-state index is 5.91. The van der Waals surface area contributed by atoms with E-state index in [-0.39, 0.29) is 6.04 Å². The van der Waals surface area contributed by atoms with E-state index in [4.69, 9.17) is 4.42 Å². The van der Waals surface area contributed by atoms with Crippen LogP contribution in [-0.2, 0) is 6.54 Å².